The highest BCUT2D eigenvalue weighted by atomic mass is 35.5. The minimum atomic E-state index is -0.789. The fourth-order valence-corrected chi connectivity index (χ4v) is 3.89. The van der Waals surface area contributed by atoms with E-state index in [9.17, 15) is 9.59 Å². The van der Waals surface area contributed by atoms with Crippen molar-refractivity contribution in [2.75, 3.05) is 5.32 Å². The smallest absolute Gasteiger partial charge is 0.251 e. The molecule has 1 aromatic heterocycles. The van der Waals surface area contributed by atoms with E-state index in [1.807, 2.05) is 38.1 Å². The van der Waals surface area contributed by atoms with Crippen LogP contribution in [0.2, 0.25) is 5.02 Å². The predicted octanol–water partition coefficient (Wildman–Crippen LogP) is 5.20. The lowest BCUT2D eigenvalue weighted by atomic mass is 9.92. The summed E-state index contributed by atoms with van der Waals surface area (Å²) in [4.78, 5) is 27.6. The van der Waals surface area contributed by atoms with Crippen molar-refractivity contribution in [1.29, 1.82) is 0 Å². The molecule has 0 saturated carbocycles. The van der Waals surface area contributed by atoms with E-state index in [-0.39, 0.29) is 17.9 Å². The minimum absolute atomic E-state index is 0.0944. The Morgan fingerprint density at radius 3 is 2.38 bits per heavy atom. The number of furan rings is 1. The normalized spacial score (nSPS) is 17.0. The predicted molar refractivity (Wildman–Crippen MR) is 112 cm³/mol. The molecule has 1 N–H and O–H groups in total. The summed E-state index contributed by atoms with van der Waals surface area (Å²) in [6, 6.07) is 15.4. The van der Waals surface area contributed by atoms with E-state index in [2.05, 4.69) is 5.32 Å². The molecule has 3 aromatic rings. The van der Waals surface area contributed by atoms with Gasteiger partial charge in [0.25, 0.3) is 5.91 Å². The summed E-state index contributed by atoms with van der Waals surface area (Å²) < 4.78 is 5.51. The lowest BCUT2D eigenvalue weighted by Gasteiger charge is -2.44. The molecule has 0 aliphatic carbocycles. The number of anilines is 1. The molecule has 0 unspecified atom stereocenters. The second kappa shape index (κ2) is 7.76. The number of β-lactam (4-membered cyclic amide) rings is 1. The SMILES string of the molecule is Cc1cccc(C)c1NC(=O)[C@H](c1ccc(Cl)cc1)N1C(=O)C[C@@H]1c1ccco1. The number of hydrogen-bond donors (Lipinski definition) is 1. The average molecular weight is 409 g/mol. The van der Waals surface area contributed by atoms with Gasteiger partial charge in [-0.05, 0) is 54.8 Å². The molecule has 0 radical (unpaired) electrons. The number of carbonyl (C=O) groups excluding carboxylic acids is 2. The molecule has 1 aliphatic heterocycles. The maximum atomic E-state index is 13.4. The number of amides is 2. The number of nitrogens with one attached hydrogen (secondary N) is 1. The lowest BCUT2D eigenvalue weighted by Crippen LogP contribution is -2.51. The van der Waals surface area contributed by atoms with Crippen LogP contribution in [0, 0.1) is 13.8 Å². The van der Waals surface area contributed by atoms with Crippen LogP contribution in [0.1, 0.15) is 41.0 Å². The number of para-hydroxylation sites is 1. The van der Waals surface area contributed by atoms with Gasteiger partial charge >= 0.3 is 0 Å². The summed E-state index contributed by atoms with van der Waals surface area (Å²) in [6.45, 7) is 3.89. The van der Waals surface area contributed by atoms with Gasteiger partial charge in [0, 0.05) is 10.7 Å². The van der Waals surface area contributed by atoms with Crippen LogP contribution in [0.3, 0.4) is 0 Å². The van der Waals surface area contributed by atoms with Crippen LogP contribution in [-0.2, 0) is 9.59 Å². The van der Waals surface area contributed by atoms with Crippen molar-refractivity contribution in [2.24, 2.45) is 0 Å². The van der Waals surface area contributed by atoms with Crippen LogP contribution >= 0.6 is 11.6 Å². The summed E-state index contributed by atoms with van der Waals surface area (Å²) >= 11 is 6.04. The monoisotopic (exact) mass is 408 g/mol. The largest absolute Gasteiger partial charge is 0.467 e. The Bertz CT molecular complexity index is 1020. The second-order valence-corrected chi connectivity index (χ2v) is 7.68. The third kappa shape index (κ3) is 3.66. The summed E-state index contributed by atoms with van der Waals surface area (Å²) in [6.07, 6.45) is 1.89. The molecule has 0 spiro atoms. The number of rotatable bonds is 5. The topological polar surface area (TPSA) is 62.6 Å². The molecule has 2 amide bonds. The highest BCUT2D eigenvalue weighted by Crippen LogP contribution is 2.42. The van der Waals surface area contributed by atoms with Gasteiger partial charge in [-0.25, -0.2) is 0 Å². The first-order chi connectivity index (χ1) is 14.0. The van der Waals surface area contributed by atoms with Crippen LogP contribution < -0.4 is 5.32 Å². The quantitative estimate of drug-likeness (QED) is 0.590. The first-order valence-electron chi connectivity index (χ1n) is 9.43. The zero-order valence-corrected chi connectivity index (χ0v) is 16.9. The van der Waals surface area contributed by atoms with Crippen molar-refractivity contribution in [3.63, 3.8) is 0 Å². The van der Waals surface area contributed by atoms with E-state index in [0.717, 1.165) is 16.8 Å². The van der Waals surface area contributed by atoms with Crippen molar-refractivity contribution in [3.8, 4) is 0 Å². The van der Waals surface area contributed by atoms with Crippen molar-refractivity contribution >= 4 is 29.1 Å². The van der Waals surface area contributed by atoms with Crippen LogP contribution in [0.4, 0.5) is 5.69 Å². The molecule has 1 fully saturated rings. The minimum Gasteiger partial charge on any atom is -0.467 e. The summed E-state index contributed by atoms with van der Waals surface area (Å²) in [5.74, 6) is 0.306. The van der Waals surface area contributed by atoms with E-state index in [0.29, 0.717) is 22.8 Å². The third-order valence-electron chi connectivity index (χ3n) is 5.30. The van der Waals surface area contributed by atoms with Crippen molar-refractivity contribution in [3.05, 3.63) is 88.3 Å². The number of hydrogen-bond acceptors (Lipinski definition) is 3. The molecule has 1 aliphatic rings. The molecular formula is C23H21ClN2O3. The van der Waals surface area contributed by atoms with Crippen LogP contribution in [-0.4, -0.2) is 16.7 Å². The van der Waals surface area contributed by atoms with Gasteiger partial charge in [0.1, 0.15) is 11.8 Å². The molecule has 2 aromatic carbocycles. The van der Waals surface area contributed by atoms with Gasteiger partial charge in [0.2, 0.25) is 5.91 Å². The first kappa shape index (κ1) is 19.3. The Balaban J connectivity index is 1.71. The number of benzene rings is 2. The molecule has 5 nitrogen and oxygen atoms in total. The van der Waals surface area contributed by atoms with Gasteiger partial charge in [-0.3, -0.25) is 9.59 Å². The van der Waals surface area contributed by atoms with E-state index < -0.39 is 6.04 Å². The maximum Gasteiger partial charge on any atom is 0.251 e. The molecular weight excluding hydrogens is 388 g/mol. The van der Waals surface area contributed by atoms with E-state index in [4.69, 9.17) is 16.0 Å². The molecule has 0 bridgehead atoms. The van der Waals surface area contributed by atoms with Gasteiger partial charge in [-0.15, -0.1) is 0 Å². The Labute approximate surface area is 174 Å². The van der Waals surface area contributed by atoms with E-state index >= 15 is 0 Å². The van der Waals surface area contributed by atoms with E-state index in [1.54, 1.807) is 41.5 Å². The number of aryl methyl sites for hydroxylation is 2. The number of halogens is 1. The zero-order valence-electron chi connectivity index (χ0n) is 16.2. The Kier molecular flexibility index (Phi) is 5.16. The standard InChI is InChI=1S/C23H21ClN2O3/c1-14-5-3-6-15(2)21(14)25-23(28)22(16-8-10-17(24)11-9-16)26-18(13-20(26)27)19-7-4-12-29-19/h3-12,18,22H,13H2,1-2H3,(H,25,28)/t18-,22+/m1/s1. The molecule has 29 heavy (non-hydrogen) atoms. The lowest BCUT2D eigenvalue weighted by molar-refractivity contribution is -0.155. The molecule has 2 heterocycles. The molecule has 6 heteroatoms. The Hall–Kier alpha value is -3.05. The molecule has 2 atom stereocenters. The zero-order chi connectivity index (χ0) is 20.5. The fraction of sp³-hybridized carbons (Fsp3) is 0.217. The summed E-state index contributed by atoms with van der Waals surface area (Å²) in [5.41, 5.74) is 3.39. The first-order valence-corrected chi connectivity index (χ1v) is 9.80. The molecule has 148 valence electrons. The number of carbonyl (C=O) groups is 2. The van der Waals surface area contributed by atoms with Crippen LogP contribution in [0.15, 0.2) is 65.3 Å². The highest BCUT2D eigenvalue weighted by molar-refractivity contribution is 6.30. The van der Waals surface area contributed by atoms with Gasteiger partial charge in [0.15, 0.2) is 0 Å². The van der Waals surface area contributed by atoms with Gasteiger partial charge in [-0.1, -0.05) is 41.9 Å². The van der Waals surface area contributed by atoms with Crippen molar-refractivity contribution in [2.45, 2.75) is 32.4 Å². The number of likely N-dealkylation sites (tertiary alicyclic amines) is 1. The van der Waals surface area contributed by atoms with Crippen LogP contribution in [0.25, 0.3) is 0 Å². The summed E-state index contributed by atoms with van der Waals surface area (Å²) in [5, 5.41) is 3.60. The third-order valence-corrected chi connectivity index (χ3v) is 5.56. The Morgan fingerprint density at radius 1 is 1.10 bits per heavy atom. The highest BCUT2D eigenvalue weighted by Gasteiger charge is 2.46. The van der Waals surface area contributed by atoms with Crippen molar-refractivity contribution < 1.29 is 14.0 Å². The van der Waals surface area contributed by atoms with Crippen molar-refractivity contribution in [1.82, 2.24) is 4.90 Å². The molecule has 4 rings (SSSR count). The van der Waals surface area contributed by atoms with Crippen LogP contribution in [0.5, 0.6) is 0 Å². The second-order valence-electron chi connectivity index (χ2n) is 7.25. The average Bonchev–Trinajstić information content (AvgIpc) is 3.22. The van der Waals surface area contributed by atoms with E-state index in [1.165, 1.54) is 0 Å². The number of nitrogens with zero attached hydrogens (tertiary/aromatic N) is 1. The summed E-state index contributed by atoms with van der Waals surface area (Å²) in [7, 11) is 0. The maximum absolute atomic E-state index is 13.4. The molecule has 1 saturated heterocycles. The van der Waals surface area contributed by atoms with Gasteiger partial charge < -0.3 is 14.6 Å². The fourth-order valence-electron chi connectivity index (χ4n) is 3.76. The van der Waals surface area contributed by atoms with Gasteiger partial charge in [0.05, 0.1) is 18.7 Å². The Morgan fingerprint density at radius 2 is 1.79 bits per heavy atom. The van der Waals surface area contributed by atoms with Gasteiger partial charge in [-0.2, -0.15) is 0 Å².